The van der Waals surface area contributed by atoms with Crippen molar-refractivity contribution >= 4 is 17.3 Å². The lowest BCUT2D eigenvalue weighted by Gasteiger charge is -2.18. The highest BCUT2D eigenvalue weighted by Gasteiger charge is 2.21. The van der Waals surface area contributed by atoms with Gasteiger partial charge in [-0.2, -0.15) is 5.10 Å². The quantitative estimate of drug-likeness (QED) is 0.914. The van der Waals surface area contributed by atoms with E-state index < -0.39 is 0 Å². The summed E-state index contributed by atoms with van der Waals surface area (Å²) in [4.78, 5) is 0. The van der Waals surface area contributed by atoms with E-state index in [4.69, 9.17) is 11.6 Å². The van der Waals surface area contributed by atoms with Crippen molar-refractivity contribution in [3.8, 4) is 0 Å². The summed E-state index contributed by atoms with van der Waals surface area (Å²) in [5.41, 5.74) is 4.52. The van der Waals surface area contributed by atoms with Gasteiger partial charge in [-0.15, -0.1) is 0 Å². The number of aryl methyl sites for hydroxylation is 2. The lowest BCUT2D eigenvalue weighted by molar-refractivity contribution is 0.549. The Morgan fingerprint density at radius 1 is 1.30 bits per heavy atom. The molecule has 1 N–H and O–H groups in total. The summed E-state index contributed by atoms with van der Waals surface area (Å²) in [6.45, 7) is 9.33. The van der Waals surface area contributed by atoms with Gasteiger partial charge in [-0.05, 0) is 18.6 Å². The zero-order valence-electron chi connectivity index (χ0n) is 12.8. The van der Waals surface area contributed by atoms with Crippen LogP contribution in [0.4, 0.5) is 5.69 Å². The maximum Gasteiger partial charge on any atom is 0.0727 e. The highest BCUT2D eigenvalue weighted by Crippen LogP contribution is 2.28. The van der Waals surface area contributed by atoms with E-state index in [1.807, 2.05) is 23.9 Å². The Hall–Kier alpha value is -1.48. The minimum Gasteiger partial charge on any atom is -0.379 e. The van der Waals surface area contributed by atoms with Crippen LogP contribution >= 0.6 is 11.6 Å². The number of aromatic nitrogens is 2. The van der Waals surface area contributed by atoms with Crippen LogP contribution in [0.2, 0.25) is 5.02 Å². The summed E-state index contributed by atoms with van der Waals surface area (Å²) in [7, 11) is 1.96. The van der Waals surface area contributed by atoms with E-state index in [2.05, 4.69) is 50.4 Å². The smallest absolute Gasteiger partial charge is 0.0727 e. The molecule has 0 aliphatic rings. The van der Waals surface area contributed by atoms with Crippen LogP contribution in [0.1, 0.15) is 37.6 Å². The second kappa shape index (κ2) is 5.49. The molecule has 0 amide bonds. The molecule has 0 aliphatic carbocycles. The predicted octanol–water partition coefficient (Wildman–Crippen LogP) is 4.29. The Bertz CT molecular complexity index is 588. The summed E-state index contributed by atoms with van der Waals surface area (Å²) in [6.07, 6.45) is 2.07. The Labute approximate surface area is 126 Å². The molecule has 0 aliphatic heterocycles. The van der Waals surface area contributed by atoms with Crippen molar-refractivity contribution in [1.82, 2.24) is 9.78 Å². The van der Waals surface area contributed by atoms with Gasteiger partial charge in [0.15, 0.2) is 0 Å². The number of nitrogens with one attached hydrogen (secondary N) is 1. The van der Waals surface area contributed by atoms with Gasteiger partial charge in [0, 0.05) is 30.8 Å². The molecule has 0 atom stereocenters. The van der Waals surface area contributed by atoms with Gasteiger partial charge in [-0.1, -0.05) is 44.5 Å². The number of para-hydroxylation sites is 1. The summed E-state index contributed by atoms with van der Waals surface area (Å²) in [6, 6.07) is 5.93. The van der Waals surface area contributed by atoms with E-state index in [-0.39, 0.29) is 5.41 Å². The van der Waals surface area contributed by atoms with Crippen LogP contribution in [0, 0.1) is 6.92 Å². The molecule has 108 valence electrons. The Morgan fingerprint density at radius 3 is 2.60 bits per heavy atom. The molecule has 2 aromatic rings. The number of hydrogen-bond acceptors (Lipinski definition) is 2. The van der Waals surface area contributed by atoms with E-state index in [1.165, 1.54) is 5.56 Å². The van der Waals surface area contributed by atoms with Crippen LogP contribution < -0.4 is 5.32 Å². The average Bonchev–Trinajstić information content (AvgIpc) is 2.70. The Kier molecular flexibility index (Phi) is 4.09. The second-order valence-electron chi connectivity index (χ2n) is 6.21. The first-order valence-corrected chi connectivity index (χ1v) is 7.19. The minimum absolute atomic E-state index is 0.0355. The highest BCUT2D eigenvalue weighted by molar-refractivity contribution is 6.33. The molecule has 0 fully saturated rings. The maximum absolute atomic E-state index is 6.25. The number of benzene rings is 1. The van der Waals surface area contributed by atoms with Crippen molar-refractivity contribution in [2.75, 3.05) is 5.32 Å². The standard InChI is InChI=1S/C16H22ClN3/c1-11-7-6-8-13(17)14(11)18-9-12-10-20(5)19-15(12)16(2,3)4/h6-8,10,18H,9H2,1-5H3. The molecule has 2 rings (SSSR count). The van der Waals surface area contributed by atoms with Gasteiger partial charge in [0.05, 0.1) is 16.4 Å². The first kappa shape index (κ1) is 14.9. The first-order valence-electron chi connectivity index (χ1n) is 6.81. The van der Waals surface area contributed by atoms with Crippen LogP contribution in [0.5, 0.6) is 0 Å². The topological polar surface area (TPSA) is 29.9 Å². The summed E-state index contributed by atoms with van der Waals surface area (Å²) < 4.78 is 1.87. The second-order valence-corrected chi connectivity index (χ2v) is 6.62. The summed E-state index contributed by atoms with van der Waals surface area (Å²) >= 11 is 6.25. The largest absolute Gasteiger partial charge is 0.379 e. The molecule has 0 saturated heterocycles. The molecule has 1 heterocycles. The Balaban J connectivity index is 2.24. The molecule has 4 heteroatoms. The van der Waals surface area contributed by atoms with Crippen molar-refractivity contribution in [1.29, 1.82) is 0 Å². The Morgan fingerprint density at radius 2 is 2.00 bits per heavy atom. The molecular weight excluding hydrogens is 270 g/mol. The molecule has 3 nitrogen and oxygen atoms in total. The van der Waals surface area contributed by atoms with Crippen molar-refractivity contribution in [2.24, 2.45) is 7.05 Å². The van der Waals surface area contributed by atoms with Crippen LogP contribution in [-0.4, -0.2) is 9.78 Å². The molecule has 0 saturated carbocycles. The third-order valence-corrected chi connectivity index (χ3v) is 3.61. The van der Waals surface area contributed by atoms with E-state index in [1.54, 1.807) is 0 Å². The molecule has 1 aromatic heterocycles. The average molecular weight is 292 g/mol. The molecule has 0 spiro atoms. The van der Waals surface area contributed by atoms with Crippen molar-refractivity contribution in [2.45, 2.75) is 39.7 Å². The van der Waals surface area contributed by atoms with Gasteiger partial charge in [-0.3, -0.25) is 4.68 Å². The highest BCUT2D eigenvalue weighted by atomic mass is 35.5. The number of rotatable bonds is 3. The molecule has 0 radical (unpaired) electrons. The number of hydrogen-bond donors (Lipinski definition) is 1. The lowest BCUT2D eigenvalue weighted by Crippen LogP contribution is -2.16. The number of halogens is 1. The van der Waals surface area contributed by atoms with E-state index >= 15 is 0 Å². The van der Waals surface area contributed by atoms with Gasteiger partial charge in [0.25, 0.3) is 0 Å². The summed E-state index contributed by atoms with van der Waals surface area (Å²) in [5, 5.41) is 8.78. The zero-order valence-corrected chi connectivity index (χ0v) is 13.5. The monoisotopic (exact) mass is 291 g/mol. The third kappa shape index (κ3) is 3.15. The fraction of sp³-hybridized carbons (Fsp3) is 0.438. The minimum atomic E-state index is 0.0355. The first-order chi connectivity index (χ1) is 9.29. The van der Waals surface area contributed by atoms with Gasteiger partial charge in [0.2, 0.25) is 0 Å². The fourth-order valence-corrected chi connectivity index (χ4v) is 2.63. The maximum atomic E-state index is 6.25. The van der Waals surface area contributed by atoms with Gasteiger partial charge in [0.1, 0.15) is 0 Å². The van der Waals surface area contributed by atoms with Crippen molar-refractivity contribution in [3.05, 3.63) is 46.2 Å². The predicted molar refractivity (Wildman–Crippen MR) is 85.4 cm³/mol. The molecular formula is C16H22ClN3. The third-order valence-electron chi connectivity index (χ3n) is 3.29. The molecule has 20 heavy (non-hydrogen) atoms. The van der Waals surface area contributed by atoms with Gasteiger partial charge < -0.3 is 5.32 Å². The number of anilines is 1. The van der Waals surface area contributed by atoms with Gasteiger partial charge in [-0.25, -0.2) is 0 Å². The normalized spacial score (nSPS) is 11.7. The van der Waals surface area contributed by atoms with Crippen LogP contribution in [-0.2, 0) is 19.0 Å². The van der Waals surface area contributed by atoms with E-state index in [9.17, 15) is 0 Å². The van der Waals surface area contributed by atoms with Crippen LogP contribution in [0.25, 0.3) is 0 Å². The SMILES string of the molecule is Cc1cccc(Cl)c1NCc1cn(C)nc1C(C)(C)C. The van der Waals surface area contributed by atoms with E-state index in [0.717, 1.165) is 28.5 Å². The lowest BCUT2D eigenvalue weighted by atomic mass is 9.89. The van der Waals surface area contributed by atoms with Crippen molar-refractivity contribution < 1.29 is 0 Å². The number of nitrogens with zero attached hydrogens (tertiary/aromatic N) is 2. The van der Waals surface area contributed by atoms with Gasteiger partial charge >= 0.3 is 0 Å². The van der Waals surface area contributed by atoms with Crippen molar-refractivity contribution in [3.63, 3.8) is 0 Å². The molecule has 1 aromatic carbocycles. The fourth-order valence-electron chi connectivity index (χ4n) is 2.34. The molecule has 0 unspecified atom stereocenters. The molecule has 0 bridgehead atoms. The summed E-state index contributed by atoms with van der Waals surface area (Å²) in [5.74, 6) is 0. The van der Waals surface area contributed by atoms with Crippen LogP contribution in [0.15, 0.2) is 24.4 Å². The zero-order chi connectivity index (χ0) is 14.9. The van der Waals surface area contributed by atoms with E-state index in [0.29, 0.717) is 0 Å². The van der Waals surface area contributed by atoms with Crippen LogP contribution in [0.3, 0.4) is 0 Å².